The van der Waals surface area contributed by atoms with Gasteiger partial charge in [0.2, 0.25) is 0 Å². The van der Waals surface area contributed by atoms with E-state index in [1.165, 1.54) is 12.1 Å². The molecule has 0 aliphatic carbocycles. The minimum absolute atomic E-state index is 0.332. The van der Waals surface area contributed by atoms with E-state index in [4.69, 9.17) is 11.6 Å². The molecule has 0 fully saturated rings. The molecule has 0 aliphatic heterocycles. The Morgan fingerprint density at radius 2 is 1.88 bits per heavy atom. The van der Waals surface area contributed by atoms with Crippen LogP contribution in [0, 0.1) is 19.7 Å². The van der Waals surface area contributed by atoms with Crippen LogP contribution in [0.5, 0.6) is 0 Å². The Kier molecular flexibility index (Phi) is 2.88. The summed E-state index contributed by atoms with van der Waals surface area (Å²) in [5.74, 6) is 0.288. The molecule has 0 amide bonds. The predicted octanol–water partition coefficient (Wildman–Crippen LogP) is 3.55. The lowest BCUT2D eigenvalue weighted by molar-refractivity contribution is 0.630. The molecule has 2 rings (SSSR count). The number of rotatable bonds is 1. The lowest BCUT2D eigenvalue weighted by Gasteiger charge is -2.05. The molecule has 1 aromatic heterocycles. The average Bonchev–Trinajstić information content (AvgIpc) is 2.20. The molecule has 0 saturated carbocycles. The summed E-state index contributed by atoms with van der Waals surface area (Å²) in [6.45, 7) is 3.62. The first-order valence-corrected chi connectivity index (χ1v) is 5.22. The van der Waals surface area contributed by atoms with Gasteiger partial charge in [0.05, 0.1) is 5.69 Å². The van der Waals surface area contributed by atoms with E-state index in [-0.39, 0.29) is 5.82 Å². The second kappa shape index (κ2) is 4.18. The summed E-state index contributed by atoms with van der Waals surface area (Å²) >= 11 is 5.84. The zero-order valence-electron chi connectivity index (χ0n) is 8.96. The van der Waals surface area contributed by atoms with Gasteiger partial charge in [0.1, 0.15) is 11.6 Å². The van der Waals surface area contributed by atoms with Gasteiger partial charge in [-0.1, -0.05) is 11.6 Å². The lowest BCUT2D eigenvalue weighted by atomic mass is 10.1. The highest BCUT2D eigenvalue weighted by Crippen LogP contribution is 2.24. The van der Waals surface area contributed by atoms with Gasteiger partial charge >= 0.3 is 0 Å². The Balaban J connectivity index is 2.62. The Labute approximate surface area is 98.1 Å². The van der Waals surface area contributed by atoms with E-state index >= 15 is 0 Å². The van der Waals surface area contributed by atoms with Crippen LogP contribution < -0.4 is 0 Å². The first kappa shape index (κ1) is 11.0. The van der Waals surface area contributed by atoms with Crippen molar-refractivity contribution in [3.8, 4) is 11.3 Å². The van der Waals surface area contributed by atoms with E-state index < -0.39 is 0 Å². The van der Waals surface area contributed by atoms with Gasteiger partial charge < -0.3 is 0 Å². The Morgan fingerprint density at radius 1 is 1.12 bits per heavy atom. The maximum atomic E-state index is 13.6. The van der Waals surface area contributed by atoms with Crippen LogP contribution >= 0.6 is 11.6 Å². The molecule has 0 aliphatic rings. The number of hydrogen-bond acceptors (Lipinski definition) is 2. The molecule has 4 heteroatoms. The van der Waals surface area contributed by atoms with Crippen molar-refractivity contribution in [2.24, 2.45) is 0 Å². The molecule has 0 atom stereocenters. The average molecular weight is 237 g/mol. The number of hydrogen-bond donors (Lipinski definition) is 0. The van der Waals surface area contributed by atoms with Crippen LogP contribution in [-0.2, 0) is 0 Å². The van der Waals surface area contributed by atoms with Crippen LogP contribution in [0.25, 0.3) is 11.3 Å². The third-order valence-electron chi connectivity index (χ3n) is 2.17. The maximum Gasteiger partial charge on any atom is 0.132 e. The summed E-state index contributed by atoms with van der Waals surface area (Å²) in [6.07, 6.45) is 0. The predicted molar refractivity (Wildman–Crippen MR) is 61.9 cm³/mol. The first-order chi connectivity index (χ1) is 7.56. The van der Waals surface area contributed by atoms with Gasteiger partial charge in [0.15, 0.2) is 0 Å². The number of aryl methyl sites for hydroxylation is 2. The molecular formula is C12H10ClFN2. The first-order valence-electron chi connectivity index (χ1n) is 4.84. The van der Waals surface area contributed by atoms with Crippen molar-refractivity contribution in [2.45, 2.75) is 13.8 Å². The Bertz CT molecular complexity index is 520. The minimum atomic E-state index is -0.332. The normalized spacial score (nSPS) is 10.5. The van der Waals surface area contributed by atoms with E-state index in [9.17, 15) is 4.39 Å². The number of nitrogens with zero attached hydrogens (tertiary/aromatic N) is 2. The van der Waals surface area contributed by atoms with E-state index in [2.05, 4.69) is 9.97 Å². The second-order valence-corrected chi connectivity index (χ2v) is 4.00. The monoisotopic (exact) mass is 236 g/mol. The van der Waals surface area contributed by atoms with Crippen LogP contribution in [0.15, 0.2) is 24.3 Å². The standard InChI is InChI=1S/C12H10ClFN2/c1-7-5-12(16-8(2)15-7)10-6-9(13)3-4-11(10)14/h3-6H,1-2H3. The van der Waals surface area contributed by atoms with Crippen molar-refractivity contribution < 1.29 is 4.39 Å². The molecule has 2 nitrogen and oxygen atoms in total. The Morgan fingerprint density at radius 3 is 2.56 bits per heavy atom. The smallest absolute Gasteiger partial charge is 0.132 e. The van der Waals surface area contributed by atoms with Gasteiger partial charge in [-0.3, -0.25) is 0 Å². The highest BCUT2D eigenvalue weighted by atomic mass is 35.5. The Hall–Kier alpha value is -1.48. The summed E-state index contributed by atoms with van der Waals surface area (Å²) < 4.78 is 13.6. The van der Waals surface area contributed by atoms with Crippen molar-refractivity contribution in [3.63, 3.8) is 0 Å². The number of halogens is 2. The molecule has 0 radical (unpaired) electrons. The minimum Gasteiger partial charge on any atom is -0.239 e. The molecule has 0 bridgehead atoms. The molecule has 1 heterocycles. The van der Waals surface area contributed by atoms with E-state index in [0.717, 1.165) is 5.69 Å². The van der Waals surface area contributed by atoms with Crippen molar-refractivity contribution in [3.05, 3.63) is 46.6 Å². The van der Waals surface area contributed by atoms with Crippen LogP contribution in [-0.4, -0.2) is 9.97 Å². The topological polar surface area (TPSA) is 25.8 Å². The highest BCUT2D eigenvalue weighted by molar-refractivity contribution is 6.30. The zero-order valence-corrected chi connectivity index (χ0v) is 9.72. The molecule has 0 spiro atoms. The van der Waals surface area contributed by atoms with Gasteiger partial charge in [-0.2, -0.15) is 0 Å². The summed E-state index contributed by atoms with van der Waals surface area (Å²) in [7, 11) is 0. The maximum absolute atomic E-state index is 13.6. The van der Waals surface area contributed by atoms with Crippen LogP contribution in [0.3, 0.4) is 0 Å². The molecule has 1 aromatic carbocycles. The summed E-state index contributed by atoms with van der Waals surface area (Å²) in [5.41, 5.74) is 1.77. The molecule has 0 unspecified atom stereocenters. The fourth-order valence-corrected chi connectivity index (χ4v) is 1.72. The summed E-state index contributed by atoms with van der Waals surface area (Å²) in [6, 6.07) is 6.16. The lowest BCUT2D eigenvalue weighted by Crippen LogP contribution is -1.95. The number of benzene rings is 1. The zero-order chi connectivity index (χ0) is 11.7. The molecule has 82 valence electrons. The van der Waals surface area contributed by atoms with Gasteiger partial charge in [0.25, 0.3) is 0 Å². The van der Waals surface area contributed by atoms with Gasteiger partial charge in [-0.25, -0.2) is 14.4 Å². The van der Waals surface area contributed by atoms with E-state index in [1.807, 2.05) is 6.92 Å². The summed E-state index contributed by atoms with van der Waals surface area (Å²) in [5, 5.41) is 0.491. The molecule has 0 N–H and O–H groups in total. The second-order valence-electron chi connectivity index (χ2n) is 3.57. The van der Waals surface area contributed by atoms with E-state index in [0.29, 0.717) is 22.1 Å². The van der Waals surface area contributed by atoms with Crippen molar-refractivity contribution in [2.75, 3.05) is 0 Å². The fourth-order valence-electron chi connectivity index (χ4n) is 1.55. The van der Waals surface area contributed by atoms with Crippen LogP contribution in [0.2, 0.25) is 5.02 Å². The van der Waals surface area contributed by atoms with Crippen molar-refractivity contribution >= 4 is 11.6 Å². The van der Waals surface area contributed by atoms with Crippen molar-refractivity contribution in [1.82, 2.24) is 9.97 Å². The summed E-state index contributed by atoms with van der Waals surface area (Å²) in [4.78, 5) is 8.34. The SMILES string of the molecule is Cc1cc(-c2cc(Cl)ccc2F)nc(C)n1. The van der Waals surface area contributed by atoms with Crippen LogP contribution in [0.4, 0.5) is 4.39 Å². The van der Waals surface area contributed by atoms with Gasteiger partial charge in [-0.05, 0) is 38.1 Å². The molecule has 0 saturated heterocycles. The highest BCUT2D eigenvalue weighted by Gasteiger charge is 2.08. The largest absolute Gasteiger partial charge is 0.239 e. The van der Waals surface area contributed by atoms with Crippen molar-refractivity contribution in [1.29, 1.82) is 0 Å². The molecule has 16 heavy (non-hydrogen) atoms. The molecular weight excluding hydrogens is 227 g/mol. The third-order valence-corrected chi connectivity index (χ3v) is 2.41. The van der Waals surface area contributed by atoms with Crippen LogP contribution in [0.1, 0.15) is 11.5 Å². The molecule has 2 aromatic rings. The van der Waals surface area contributed by atoms with Gasteiger partial charge in [-0.15, -0.1) is 0 Å². The fraction of sp³-hybridized carbons (Fsp3) is 0.167. The quantitative estimate of drug-likeness (QED) is 0.757. The van der Waals surface area contributed by atoms with Gasteiger partial charge in [0, 0.05) is 16.3 Å². The number of aromatic nitrogens is 2. The van der Waals surface area contributed by atoms with E-state index in [1.54, 1.807) is 19.1 Å². The third kappa shape index (κ3) is 2.19.